The fraction of sp³-hybridized carbons (Fsp3) is 0.148. The molecule has 2 aromatic carbocycles. The lowest BCUT2D eigenvalue weighted by Gasteiger charge is -2.20. The number of nitrogens with one attached hydrogen (secondary N) is 1. The van der Waals surface area contributed by atoms with Crippen LogP contribution in [0.3, 0.4) is 0 Å². The van der Waals surface area contributed by atoms with E-state index in [1.54, 1.807) is 25.6 Å². The highest BCUT2D eigenvalue weighted by atomic mass is 32.2. The van der Waals surface area contributed by atoms with E-state index in [0.29, 0.717) is 29.2 Å². The number of amides is 1. The third-order valence-corrected chi connectivity index (χ3v) is 6.40. The normalized spacial score (nSPS) is 15.8. The van der Waals surface area contributed by atoms with E-state index in [1.165, 1.54) is 16.8 Å². The average Bonchev–Trinajstić information content (AvgIpc) is 3.37. The van der Waals surface area contributed by atoms with Gasteiger partial charge in [-0.1, -0.05) is 12.1 Å². The van der Waals surface area contributed by atoms with E-state index < -0.39 is 5.91 Å². The SMILES string of the molecule is COc1ccc(OCCCOc2ccc(/C=C3/C(=N)N4N=C(c5cccnc5)SC4=NC3=O)cc2)cc1. The highest BCUT2D eigenvalue weighted by Gasteiger charge is 2.36. The number of ether oxygens (including phenoxy) is 3. The minimum Gasteiger partial charge on any atom is -0.497 e. The third-order valence-electron chi connectivity index (χ3n) is 5.44. The molecule has 0 saturated heterocycles. The Bertz CT molecular complexity index is 1390. The quantitative estimate of drug-likeness (QED) is 0.329. The number of aromatic nitrogens is 1. The van der Waals surface area contributed by atoms with Crippen LogP contribution in [0.25, 0.3) is 6.08 Å². The van der Waals surface area contributed by atoms with Gasteiger partial charge >= 0.3 is 0 Å². The maximum Gasteiger partial charge on any atom is 0.283 e. The predicted octanol–water partition coefficient (Wildman–Crippen LogP) is 4.61. The van der Waals surface area contributed by atoms with Crippen molar-refractivity contribution in [3.8, 4) is 17.2 Å². The Hall–Kier alpha value is -4.44. The summed E-state index contributed by atoms with van der Waals surface area (Å²) in [5, 5.41) is 15.4. The van der Waals surface area contributed by atoms with Crippen LogP contribution in [0.1, 0.15) is 17.5 Å². The number of fused-ring (bicyclic) bond motifs is 1. The Morgan fingerprint density at radius 2 is 1.65 bits per heavy atom. The summed E-state index contributed by atoms with van der Waals surface area (Å²) >= 11 is 1.24. The molecule has 1 aromatic heterocycles. The maximum atomic E-state index is 12.7. The highest BCUT2D eigenvalue weighted by Crippen LogP contribution is 2.30. The van der Waals surface area contributed by atoms with Gasteiger partial charge in [0, 0.05) is 24.4 Å². The molecule has 2 aliphatic heterocycles. The van der Waals surface area contributed by atoms with E-state index >= 15 is 0 Å². The van der Waals surface area contributed by atoms with Gasteiger partial charge in [-0.15, -0.1) is 0 Å². The predicted molar refractivity (Wildman–Crippen MR) is 143 cm³/mol. The first-order chi connectivity index (χ1) is 18.1. The molecule has 37 heavy (non-hydrogen) atoms. The van der Waals surface area contributed by atoms with Crippen LogP contribution >= 0.6 is 11.8 Å². The molecule has 0 unspecified atom stereocenters. The van der Waals surface area contributed by atoms with Gasteiger partial charge in [0.1, 0.15) is 22.3 Å². The molecule has 1 N–H and O–H groups in total. The van der Waals surface area contributed by atoms with Crippen LogP contribution in [0.4, 0.5) is 0 Å². The molecule has 2 aliphatic rings. The average molecular weight is 514 g/mol. The van der Waals surface area contributed by atoms with Crippen molar-refractivity contribution in [3.63, 3.8) is 0 Å². The summed E-state index contributed by atoms with van der Waals surface area (Å²) in [6.45, 7) is 1.03. The van der Waals surface area contributed by atoms with E-state index in [1.807, 2.05) is 60.7 Å². The third kappa shape index (κ3) is 5.70. The van der Waals surface area contributed by atoms with Gasteiger partial charge in [0.25, 0.3) is 5.91 Å². The second-order valence-electron chi connectivity index (χ2n) is 7.96. The van der Waals surface area contributed by atoms with Crippen molar-refractivity contribution in [2.45, 2.75) is 6.42 Å². The molecule has 3 aromatic rings. The van der Waals surface area contributed by atoms with Crippen LogP contribution in [0.15, 0.2) is 88.7 Å². The van der Waals surface area contributed by atoms with Gasteiger partial charge in [0.2, 0.25) is 5.17 Å². The van der Waals surface area contributed by atoms with Gasteiger partial charge in [-0.2, -0.15) is 15.1 Å². The number of carbonyl (C=O) groups excluding carboxylic acids is 1. The lowest BCUT2D eigenvalue weighted by Crippen LogP contribution is -2.35. The Morgan fingerprint density at radius 3 is 2.30 bits per heavy atom. The van der Waals surface area contributed by atoms with E-state index in [2.05, 4.69) is 15.1 Å². The van der Waals surface area contributed by atoms with Crippen LogP contribution in [0.2, 0.25) is 0 Å². The largest absolute Gasteiger partial charge is 0.497 e. The lowest BCUT2D eigenvalue weighted by molar-refractivity contribution is -0.114. The Labute approximate surface area is 218 Å². The minimum absolute atomic E-state index is 0.0152. The molecular formula is C27H23N5O4S. The maximum absolute atomic E-state index is 12.7. The van der Waals surface area contributed by atoms with Gasteiger partial charge < -0.3 is 14.2 Å². The van der Waals surface area contributed by atoms with Gasteiger partial charge in [0.05, 0.1) is 25.9 Å². The number of carbonyl (C=O) groups is 1. The number of thioether (sulfide) groups is 1. The number of pyridine rings is 1. The minimum atomic E-state index is -0.469. The molecule has 0 saturated carbocycles. The molecule has 186 valence electrons. The molecule has 5 rings (SSSR count). The van der Waals surface area contributed by atoms with Crippen molar-refractivity contribution in [2.75, 3.05) is 20.3 Å². The first-order valence-corrected chi connectivity index (χ1v) is 12.3. The molecule has 9 nitrogen and oxygen atoms in total. The summed E-state index contributed by atoms with van der Waals surface area (Å²) in [6, 6.07) is 18.4. The number of amidine groups is 2. The summed E-state index contributed by atoms with van der Waals surface area (Å²) in [7, 11) is 1.63. The number of aliphatic imine (C=N–C) groups is 1. The number of methoxy groups -OCH3 is 1. The fourth-order valence-corrected chi connectivity index (χ4v) is 4.42. The standard InChI is InChI=1S/C27H23N5O4S/c1-34-20-9-11-22(12-10-20)36-15-3-14-35-21-7-5-18(6-8-21)16-23-24(28)32-27(30-25(23)33)37-26(31-32)19-4-2-13-29-17-19/h2,4-13,16-17,28H,3,14-15H2,1H3/b23-16-,28-24?. The first-order valence-electron chi connectivity index (χ1n) is 11.5. The van der Waals surface area contributed by atoms with Crippen LogP contribution in [-0.4, -0.2) is 52.3 Å². The van der Waals surface area contributed by atoms with Crippen LogP contribution in [0.5, 0.6) is 17.2 Å². The molecule has 10 heteroatoms. The molecule has 0 fully saturated rings. The van der Waals surface area contributed by atoms with E-state index in [0.717, 1.165) is 29.0 Å². The molecular weight excluding hydrogens is 490 g/mol. The van der Waals surface area contributed by atoms with Crippen molar-refractivity contribution in [1.82, 2.24) is 9.99 Å². The van der Waals surface area contributed by atoms with Crippen molar-refractivity contribution >= 4 is 39.8 Å². The number of hydrazone groups is 1. The zero-order valence-electron chi connectivity index (χ0n) is 20.0. The summed E-state index contributed by atoms with van der Waals surface area (Å²) in [4.78, 5) is 20.9. The van der Waals surface area contributed by atoms with Gasteiger partial charge in [-0.25, -0.2) is 0 Å². The van der Waals surface area contributed by atoms with Gasteiger partial charge in [-0.3, -0.25) is 15.2 Å². The van der Waals surface area contributed by atoms with Crippen LogP contribution in [0, 0.1) is 5.41 Å². The van der Waals surface area contributed by atoms with Crippen molar-refractivity contribution in [1.29, 1.82) is 5.41 Å². The smallest absolute Gasteiger partial charge is 0.283 e. The fourth-order valence-electron chi connectivity index (χ4n) is 3.54. The number of hydrogen-bond donors (Lipinski definition) is 1. The van der Waals surface area contributed by atoms with E-state index in [4.69, 9.17) is 19.6 Å². The molecule has 0 aliphatic carbocycles. The second kappa shape index (κ2) is 11.1. The Balaban J connectivity index is 1.16. The zero-order chi connectivity index (χ0) is 25.6. The highest BCUT2D eigenvalue weighted by molar-refractivity contribution is 8.27. The molecule has 3 heterocycles. The van der Waals surface area contributed by atoms with Crippen LogP contribution in [-0.2, 0) is 4.79 Å². The summed E-state index contributed by atoms with van der Waals surface area (Å²) < 4.78 is 16.6. The summed E-state index contributed by atoms with van der Waals surface area (Å²) in [6.07, 6.45) is 5.72. The number of hydrogen-bond acceptors (Lipinski definition) is 8. The van der Waals surface area contributed by atoms with E-state index in [-0.39, 0.29) is 11.4 Å². The Morgan fingerprint density at radius 1 is 0.973 bits per heavy atom. The second-order valence-corrected chi connectivity index (χ2v) is 8.92. The summed E-state index contributed by atoms with van der Waals surface area (Å²) in [5.74, 6) is 1.79. The van der Waals surface area contributed by atoms with Crippen molar-refractivity contribution in [3.05, 3.63) is 89.8 Å². The Kier molecular flexibility index (Phi) is 7.27. The molecule has 0 spiro atoms. The lowest BCUT2D eigenvalue weighted by atomic mass is 10.1. The summed E-state index contributed by atoms with van der Waals surface area (Å²) in [5.41, 5.74) is 1.73. The van der Waals surface area contributed by atoms with Gasteiger partial charge in [0.15, 0.2) is 5.84 Å². The topological polar surface area (TPSA) is 109 Å². The number of rotatable bonds is 9. The van der Waals surface area contributed by atoms with Gasteiger partial charge in [-0.05, 0) is 71.9 Å². The van der Waals surface area contributed by atoms with Crippen LogP contribution < -0.4 is 14.2 Å². The number of benzene rings is 2. The monoisotopic (exact) mass is 513 g/mol. The molecule has 1 amide bonds. The number of nitrogens with zero attached hydrogens (tertiary/aromatic N) is 4. The molecule has 0 bridgehead atoms. The molecule has 0 atom stereocenters. The molecule has 0 radical (unpaired) electrons. The zero-order valence-corrected chi connectivity index (χ0v) is 20.8. The van der Waals surface area contributed by atoms with E-state index in [9.17, 15) is 4.79 Å². The van der Waals surface area contributed by atoms with Crippen molar-refractivity contribution in [2.24, 2.45) is 10.1 Å². The van der Waals surface area contributed by atoms with Crippen molar-refractivity contribution < 1.29 is 19.0 Å². The first kappa shape index (κ1) is 24.3.